The molecule has 0 aromatic rings. The van der Waals surface area contributed by atoms with Crippen molar-refractivity contribution in [3.63, 3.8) is 0 Å². The lowest BCUT2D eigenvalue weighted by atomic mass is 10.1. The summed E-state index contributed by atoms with van der Waals surface area (Å²) in [6.45, 7) is -0.100. The van der Waals surface area contributed by atoms with Crippen LogP contribution in [0.1, 0.15) is 12.8 Å². The zero-order chi connectivity index (χ0) is 12.6. The third-order valence-electron chi connectivity index (χ3n) is 3.01. The first-order valence-corrected chi connectivity index (χ1v) is 5.38. The van der Waals surface area contributed by atoms with E-state index in [2.05, 4.69) is 0 Å². The van der Waals surface area contributed by atoms with E-state index in [1.54, 1.807) is 0 Å². The summed E-state index contributed by atoms with van der Waals surface area (Å²) in [7, 11) is 0. The van der Waals surface area contributed by atoms with Gasteiger partial charge in [-0.15, -0.1) is 0 Å². The van der Waals surface area contributed by atoms with E-state index in [1.807, 2.05) is 0 Å². The van der Waals surface area contributed by atoms with Crippen LogP contribution >= 0.6 is 0 Å². The molecule has 0 bridgehead atoms. The molecule has 0 amide bonds. The van der Waals surface area contributed by atoms with E-state index in [9.17, 15) is 22.0 Å². The van der Waals surface area contributed by atoms with Gasteiger partial charge in [0.2, 0.25) is 0 Å². The van der Waals surface area contributed by atoms with Gasteiger partial charge in [0.25, 0.3) is 6.43 Å². The minimum atomic E-state index is -4.30. The summed E-state index contributed by atoms with van der Waals surface area (Å²) in [5.74, 6) is -0.388. The Morgan fingerprint density at radius 2 is 1.88 bits per heavy atom. The molecule has 1 aliphatic heterocycles. The Kier molecular flexibility index (Phi) is 3.14. The average Bonchev–Trinajstić information content (AvgIpc) is 3.01. The largest absolute Gasteiger partial charge is 0.408 e. The third kappa shape index (κ3) is 2.79. The summed E-state index contributed by atoms with van der Waals surface area (Å²) >= 11 is 0. The Morgan fingerprint density at radius 3 is 2.24 bits per heavy atom. The maximum absolute atomic E-state index is 12.8. The van der Waals surface area contributed by atoms with E-state index in [-0.39, 0.29) is 18.0 Å². The Labute approximate surface area is 95.6 Å². The van der Waals surface area contributed by atoms with Crippen molar-refractivity contribution in [1.29, 1.82) is 0 Å². The molecule has 1 atom stereocenters. The lowest BCUT2D eigenvalue weighted by Gasteiger charge is -2.33. The predicted octanol–water partition coefficient (Wildman–Crippen LogP) is 3.35. The smallest absolute Gasteiger partial charge is 0.362 e. The van der Waals surface area contributed by atoms with Crippen molar-refractivity contribution in [2.75, 3.05) is 6.54 Å². The van der Waals surface area contributed by atoms with Gasteiger partial charge in [-0.2, -0.15) is 13.2 Å². The second kappa shape index (κ2) is 4.31. The summed E-state index contributed by atoms with van der Waals surface area (Å²) in [4.78, 5) is 1.10. The quantitative estimate of drug-likeness (QED) is 0.697. The standard InChI is InChI=1S/C11H12F5N/c12-10(13)8-3-5-17(6-4-8)9(7-1-2-7)11(14,15)16/h3-5,7,9-10H,1-2,6H2. The molecule has 1 saturated carbocycles. The minimum Gasteiger partial charge on any atom is -0.362 e. The van der Waals surface area contributed by atoms with Crippen molar-refractivity contribution in [2.45, 2.75) is 31.5 Å². The molecular formula is C11H12F5N. The molecule has 0 aromatic carbocycles. The summed E-state index contributed by atoms with van der Waals surface area (Å²) in [6.07, 6.45) is -2.46. The van der Waals surface area contributed by atoms with Crippen molar-refractivity contribution >= 4 is 0 Å². The minimum absolute atomic E-state index is 0.100. The number of allylic oxidation sites excluding steroid dienone is 2. The van der Waals surface area contributed by atoms with E-state index >= 15 is 0 Å². The normalized spacial score (nSPS) is 22.9. The molecule has 0 aromatic heterocycles. The van der Waals surface area contributed by atoms with E-state index in [0.29, 0.717) is 12.8 Å². The molecule has 1 fully saturated rings. The van der Waals surface area contributed by atoms with Crippen molar-refractivity contribution in [3.8, 4) is 0 Å². The first-order chi connectivity index (χ1) is 7.89. The number of rotatable bonds is 3. The SMILES string of the molecule is FC(F)C1=CCN(C(C2CC2)C(F)(F)F)C=C1. The molecule has 1 heterocycles. The summed E-state index contributed by atoms with van der Waals surface area (Å²) in [6, 6.07) is -1.53. The van der Waals surface area contributed by atoms with Gasteiger partial charge in [-0.3, -0.25) is 0 Å². The van der Waals surface area contributed by atoms with Crippen molar-refractivity contribution in [2.24, 2.45) is 5.92 Å². The molecule has 0 saturated heterocycles. The third-order valence-corrected chi connectivity index (χ3v) is 3.01. The number of hydrogen-bond donors (Lipinski definition) is 0. The highest BCUT2D eigenvalue weighted by Gasteiger charge is 2.51. The Balaban J connectivity index is 2.07. The zero-order valence-corrected chi connectivity index (χ0v) is 8.92. The molecule has 0 spiro atoms. The van der Waals surface area contributed by atoms with Crippen LogP contribution in [0, 0.1) is 5.92 Å². The van der Waals surface area contributed by atoms with E-state index in [1.165, 1.54) is 0 Å². The number of halogens is 5. The second-order valence-corrected chi connectivity index (χ2v) is 4.34. The highest BCUT2D eigenvalue weighted by atomic mass is 19.4. The number of nitrogens with zero attached hydrogens (tertiary/aromatic N) is 1. The Morgan fingerprint density at radius 1 is 1.24 bits per heavy atom. The van der Waals surface area contributed by atoms with Gasteiger partial charge < -0.3 is 4.90 Å². The highest BCUT2D eigenvalue weighted by molar-refractivity contribution is 5.25. The molecule has 1 nitrogen and oxygen atoms in total. The fraction of sp³-hybridized carbons (Fsp3) is 0.636. The van der Waals surface area contributed by atoms with Gasteiger partial charge in [0, 0.05) is 18.3 Å². The van der Waals surface area contributed by atoms with Crippen LogP contribution in [-0.2, 0) is 0 Å². The lowest BCUT2D eigenvalue weighted by molar-refractivity contribution is -0.181. The van der Waals surface area contributed by atoms with Crippen LogP contribution in [0.25, 0.3) is 0 Å². The molecule has 2 rings (SSSR count). The highest BCUT2D eigenvalue weighted by Crippen LogP contribution is 2.43. The Hall–Kier alpha value is -1.07. The van der Waals surface area contributed by atoms with Crippen LogP contribution in [0.4, 0.5) is 22.0 Å². The number of alkyl halides is 5. The van der Waals surface area contributed by atoms with Gasteiger partial charge in [-0.1, -0.05) is 6.08 Å². The zero-order valence-electron chi connectivity index (χ0n) is 8.92. The topological polar surface area (TPSA) is 3.24 Å². The fourth-order valence-electron chi connectivity index (χ4n) is 2.03. The molecule has 1 aliphatic carbocycles. The summed E-state index contributed by atoms with van der Waals surface area (Å²) in [5, 5.41) is 0. The molecule has 0 N–H and O–H groups in total. The maximum atomic E-state index is 12.8. The average molecular weight is 253 g/mol. The van der Waals surface area contributed by atoms with Gasteiger partial charge in [-0.05, 0) is 24.8 Å². The van der Waals surface area contributed by atoms with Gasteiger partial charge in [0.1, 0.15) is 6.04 Å². The fourth-order valence-corrected chi connectivity index (χ4v) is 2.03. The van der Waals surface area contributed by atoms with Crippen molar-refractivity contribution in [1.82, 2.24) is 4.90 Å². The molecule has 96 valence electrons. The Bertz CT molecular complexity index is 340. The first kappa shape index (κ1) is 12.4. The first-order valence-electron chi connectivity index (χ1n) is 5.38. The van der Waals surface area contributed by atoms with Gasteiger partial charge >= 0.3 is 6.18 Å². The predicted molar refractivity (Wildman–Crippen MR) is 52.5 cm³/mol. The molecule has 2 aliphatic rings. The molecule has 0 radical (unpaired) electrons. The van der Waals surface area contributed by atoms with Crippen LogP contribution in [0.3, 0.4) is 0 Å². The van der Waals surface area contributed by atoms with Crippen LogP contribution in [0.2, 0.25) is 0 Å². The van der Waals surface area contributed by atoms with Gasteiger partial charge in [-0.25, -0.2) is 8.78 Å². The summed E-state index contributed by atoms with van der Waals surface area (Å²) in [5.41, 5.74) is -0.210. The lowest BCUT2D eigenvalue weighted by Crippen LogP contribution is -2.45. The van der Waals surface area contributed by atoms with Crippen molar-refractivity contribution < 1.29 is 22.0 Å². The van der Waals surface area contributed by atoms with Crippen LogP contribution in [0.5, 0.6) is 0 Å². The molecule has 6 heteroatoms. The van der Waals surface area contributed by atoms with E-state index in [4.69, 9.17) is 0 Å². The molecule has 1 unspecified atom stereocenters. The van der Waals surface area contributed by atoms with Crippen LogP contribution < -0.4 is 0 Å². The molecular weight excluding hydrogens is 241 g/mol. The monoisotopic (exact) mass is 253 g/mol. The van der Waals surface area contributed by atoms with Crippen LogP contribution in [0.15, 0.2) is 23.9 Å². The van der Waals surface area contributed by atoms with Gasteiger partial charge in [0.15, 0.2) is 0 Å². The molecule has 17 heavy (non-hydrogen) atoms. The second-order valence-electron chi connectivity index (χ2n) is 4.34. The van der Waals surface area contributed by atoms with Crippen LogP contribution in [-0.4, -0.2) is 30.1 Å². The number of hydrogen-bond acceptors (Lipinski definition) is 1. The van der Waals surface area contributed by atoms with Crippen molar-refractivity contribution in [3.05, 3.63) is 23.9 Å². The van der Waals surface area contributed by atoms with E-state index in [0.717, 1.165) is 23.3 Å². The van der Waals surface area contributed by atoms with E-state index < -0.39 is 18.6 Å². The van der Waals surface area contributed by atoms with Gasteiger partial charge in [0.05, 0.1) is 0 Å². The summed E-state index contributed by atoms with van der Waals surface area (Å²) < 4.78 is 63.0. The maximum Gasteiger partial charge on any atom is 0.408 e.